The molecule has 0 aliphatic heterocycles. The molecule has 9 unspecified atom stereocenters. The molecule has 9 atom stereocenters. The number of hydrogen-bond donors (Lipinski definition) is 2. The van der Waals surface area contributed by atoms with Crippen molar-refractivity contribution >= 4 is 11.4 Å². The number of nitrogen functional groups attached to an aromatic ring is 2. The molecule has 0 spiro atoms. The lowest BCUT2D eigenvalue weighted by Gasteiger charge is -2.63. The summed E-state index contributed by atoms with van der Waals surface area (Å²) in [7, 11) is 0. The van der Waals surface area contributed by atoms with Gasteiger partial charge in [0, 0.05) is 16.8 Å². The summed E-state index contributed by atoms with van der Waals surface area (Å²) in [4.78, 5) is 0. The normalized spacial score (nSPS) is 30.9. The number of ether oxygens (including phenoxy) is 2. The Morgan fingerprint density at radius 3 is 1.93 bits per heavy atom. The number of anilines is 2. The van der Waals surface area contributed by atoms with Gasteiger partial charge in [-0.1, -0.05) is 102 Å². The van der Waals surface area contributed by atoms with Crippen molar-refractivity contribution in [2.75, 3.05) is 11.5 Å². The average Bonchev–Trinajstić information content (AvgIpc) is 3.58. The minimum Gasteiger partial charge on any atom is -0.489 e. The number of benzene rings is 4. The second-order valence-corrected chi connectivity index (χ2v) is 20.5. The van der Waals surface area contributed by atoms with E-state index in [-0.39, 0.29) is 5.41 Å². The van der Waals surface area contributed by atoms with Gasteiger partial charge in [0.05, 0.1) is 0 Å². The van der Waals surface area contributed by atoms with E-state index in [9.17, 15) is 0 Å². The Hall–Kier alpha value is -3.92. The molecular formula is C54H72N2O2. The highest BCUT2D eigenvalue weighted by Crippen LogP contribution is 2.70. The fourth-order valence-corrected chi connectivity index (χ4v) is 13.5. The first-order valence-electron chi connectivity index (χ1n) is 23.0. The second-order valence-electron chi connectivity index (χ2n) is 20.5. The summed E-state index contributed by atoms with van der Waals surface area (Å²) < 4.78 is 12.7. The van der Waals surface area contributed by atoms with Crippen LogP contribution in [-0.2, 0) is 18.6 Å². The summed E-state index contributed by atoms with van der Waals surface area (Å²) >= 11 is 0. The van der Waals surface area contributed by atoms with Crippen LogP contribution in [0.3, 0.4) is 0 Å². The molecule has 4 aromatic carbocycles. The van der Waals surface area contributed by atoms with Gasteiger partial charge in [-0.15, -0.1) is 0 Å². The molecule has 0 saturated heterocycles. The molecule has 4 aliphatic carbocycles. The zero-order valence-corrected chi connectivity index (χ0v) is 36.6. The van der Waals surface area contributed by atoms with Crippen LogP contribution in [-0.4, -0.2) is 0 Å². The van der Waals surface area contributed by atoms with E-state index in [1.165, 1.54) is 93.7 Å². The molecule has 4 aromatic rings. The minimum atomic E-state index is -0.0558. The molecule has 4 heteroatoms. The molecule has 0 amide bonds. The van der Waals surface area contributed by atoms with E-state index in [2.05, 4.69) is 96.1 Å². The number of nitrogens with two attached hydrogens (primary N) is 2. The van der Waals surface area contributed by atoms with Crippen LogP contribution >= 0.6 is 0 Å². The molecule has 4 aliphatic rings. The third kappa shape index (κ3) is 7.91. The zero-order valence-electron chi connectivity index (χ0n) is 36.6. The summed E-state index contributed by atoms with van der Waals surface area (Å²) in [6.07, 6.45) is 16.5. The van der Waals surface area contributed by atoms with Gasteiger partial charge in [0.1, 0.15) is 24.7 Å². The Bertz CT molecular complexity index is 1990. The SMILES string of the molecule is Cc1cc(C2(c3ccc(OCc4ccc(N)cc4)cc3)CCC3(C)C(CCC4C3CCC3(C)C(C(C)CCCC(C)C)CCC43)C2)ccc1OCc1ccc(N)cc1. The Balaban J connectivity index is 1.04. The van der Waals surface area contributed by atoms with Crippen LogP contribution in [0.25, 0.3) is 0 Å². The predicted molar refractivity (Wildman–Crippen MR) is 242 cm³/mol. The molecule has 4 saturated carbocycles. The molecule has 310 valence electrons. The monoisotopic (exact) mass is 781 g/mol. The first-order chi connectivity index (χ1) is 27.9. The quantitative estimate of drug-likeness (QED) is 0.133. The van der Waals surface area contributed by atoms with Crippen molar-refractivity contribution in [1.29, 1.82) is 0 Å². The highest BCUT2D eigenvalue weighted by molar-refractivity contribution is 5.48. The number of hydrogen-bond acceptors (Lipinski definition) is 4. The van der Waals surface area contributed by atoms with Crippen molar-refractivity contribution < 1.29 is 9.47 Å². The van der Waals surface area contributed by atoms with Crippen LogP contribution in [0.4, 0.5) is 11.4 Å². The van der Waals surface area contributed by atoms with Gasteiger partial charge in [0.15, 0.2) is 0 Å². The average molecular weight is 781 g/mol. The van der Waals surface area contributed by atoms with Crippen LogP contribution in [0.2, 0.25) is 0 Å². The standard InChI is InChI=1S/C54H72N2O2/c1-36(2)8-7-9-37(3)48-25-26-49-47-24-16-43-33-54(31-30-52(43,5)50(47)28-29-53(48,49)6,41-14-22-46(23-15-41)57-34-39-10-18-44(55)19-11-39)42-17-27-51(38(4)32-42)58-35-40-12-20-45(56)21-13-40/h10-15,17-23,27,32,36-37,43,47-50H,7-9,16,24-26,28-31,33-35,55-56H2,1-6H3. The molecule has 4 N–H and O–H groups in total. The van der Waals surface area contributed by atoms with Crippen LogP contribution in [0.5, 0.6) is 11.5 Å². The van der Waals surface area contributed by atoms with E-state index in [4.69, 9.17) is 20.9 Å². The van der Waals surface area contributed by atoms with Crippen molar-refractivity contribution in [3.05, 3.63) is 119 Å². The molecule has 8 rings (SSSR count). The van der Waals surface area contributed by atoms with Gasteiger partial charge in [-0.25, -0.2) is 0 Å². The van der Waals surface area contributed by atoms with Crippen molar-refractivity contribution in [2.45, 2.75) is 137 Å². The molecule has 4 nitrogen and oxygen atoms in total. The van der Waals surface area contributed by atoms with Crippen molar-refractivity contribution in [1.82, 2.24) is 0 Å². The number of rotatable bonds is 13. The summed E-state index contributed by atoms with van der Waals surface area (Å²) in [6.45, 7) is 16.2. The lowest BCUT2D eigenvalue weighted by atomic mass is 9.42. The summed E-state index contributed by atoms with van der Waals surface area (Å²) in [5.74, 6) is 7.84. The first-order valence-corrected chi connectivity index (χ1v) is 23.0. The smallest absolute Gasteiger partial charge is 0.122 e. The zero-order chi connectivity index (χ0) is 40.7. The van der Waals surface area contributed by atoms with Crippen LogP contribution in [0.15, 0.2) is 91.0 Å². The summed E-state index contributed by atoms with van der Waals surface area (Å²) in [6, 6.07) is 32.2. The molecule has 0 bridgehead atoms. The third-order valence-electron chi connectivity index (χ3n) is 16.8. The molecule has 0 aromatic heterocycles. The summed E-state index contributed by atoms with van der Waals surface area (Å²) in [5.41, 5.74) is 20.6. The maximum Gasteiger partial charge on any atom is 0.122 e. The molecular weight excluding hydrogens is 709 g/mol. The van der Waals surface area contributed by atoms with Gasteiger partial charge < -0.3 is 20.9 Å². The predicted octanol–water partition coefficient (Wildman–Crippen LogP) is 13.7. The maximum atomic E-state index is 6.42. The van der Waals surface area contributed by atoms with Crippen molar-refractivity contribution in [3.63, 3.8) is 0 Å². The van der Waals surface area contributed by atoms with Gasteiger partial charge >= 0.3 is 0 Å². The van der Waals surface area contributed by atoms with E-state index < -0.39 is 0 Å². The van der Waals surface area contributed by atoms with E-state index in [1.807, 2.05) is 36.4 Å². The number of aryl methyl sites for hydroxylation is 1. The highest BCUT2D eigenvalue weighted by atomic mass is 16.5. The van der Waals surface area contributed by atoms with Crippen LogP contribution < -0.4 is 20.9 Å². The molecule has 0 radical (unpaired) electrons. The van der Waals surface area contributed by atoms with E-state index >= 15 is 0 Å². The molecule has 4 fully saturated rings. The van der Waals surface area contributed by atoms with E-state index in [0.29, 0.717) is 30.0 Å². The lowest BCUT2D eigenvalue weighted by molar-refractivity contribution is -0.122. The Kier molecular flexibility index (Phi) is 11.7. The third-order valence-corrected chi connectivity index (χ3v) is 16.8. The van der Waals surface area contributed by atoms with Crippen molar-refractivity contribution in [3.8, 4) is 11.5 Å². The van der Waals surface area contributed by atoms with Gasteiger partial charge in [0.2, 0.25) is 0 Å². The van der Waals surface area contributed by atoms with Crippen LogP contribution in [0.1, 0.15) is 139 Å². The Morgan fingerprint density at radius 2 is 1.28 bits per heavy atom. The van der Waals surface area contributed by atoms with E-state index in [1.54, 1.807) is 0 Å². The van der Waals surface area contributed by atoms with Gasteiger partial charge in [-0.05, 0) is 187 Å². The Labute approximate surface area is 350 Å². The first kappa shape index (κ1) is 40.8. The largest absolute Gasteiger partial charge is 0.489 e. The molecule has 58 heavy (non-hydrogen) atoms. The fourth-order valence-electron chi connectivity index (χ4n) is 13.5. The highest BCUT2D eigenvalue weighted by Gasteiger charge is 2.62. The lowest BCUT2D eigenvalue weighted by Crippen LogP contribution is -2.55. The number of fused-ring (bicyclic) bond motifs is 5. The van der Waals surface area contributed by atoms with Gasteiger partial charge in [-0.3, -0.25) is 0 Å². The fraction of sp³-hybridized carbons (Fsp3) is 0.556. The van der Waals surface area contributed by atoms with Gasteiger partial charge in [0.25, 0.3) is 0 Å². The van der Waals surface area contributed by atoms with Crippen LogP contribution in [0, 0.1) is 59.2 Å². The molecule has 0 heterocycles. The topological polar surface area (TPSA) is 70.5 Å². The second kappa shape index (κ2) is 16.6. The Morgan fingerprint density at radius 1 is 0.638 bits per heavy atom. The van der Waals surface area contributed by atoms with Gasteiger partial charge in [-0.2, -0.15) is 0 Å². The van der Waals surface area contributed by atoms with E-state index in [0.717, 1.165) is 69.5 Å². The maximum absolute atomic E-state index is 6.42. The van der Waals surface area contributed by atoms with Crippen molar-refractivity contribution in [2.24, 2.45) is 52.3 Å². The summed E-state index contributed by atoms with van der Waals surface area (Å²) in [5, 5.41) is 0. The minimum absolute atomic E-state index is 0.0558.